The minimum Gasteiger partial charge on any atom is -0.330 e. The molecule has 0 saturated heterocycles. The molecule has 21 heavy (non-hydrogen) atoms. The molecule has 0 spiro atoms. The summed E-state index contributed by atoms with van der Waals surface area (Å²) >= 11 is 0. The van der Waals surface area contributed by atoms with E-state index in [1.165, 1.54) is 55.5 Å². The van der Waals surface area contributed by atoms with Crippen molar-refractivity contribution in [3.8, 4) is 0 Å². The Bertz CT molecular complexity index is 505. The number of hydrogen-bond acceptors (Lipinski definition) is 3. The van der Waals surface area contributed by atoms with E-state index in [9.17, 15) is 0 Å². The second kappa shape index (κ2) is 4.77. The zero-order chi connectivity index (χ0) is 14.6. The Morgan fingerprint density at radius 3 is 1.86 bits per heavy atom. The van der Waals surface area contributed by atoms with Crippen LogP contribution in [0.2, 0.25) is 0 Å². The van der Waals surface area contributed by atoms with Gasteiger partial charge in [0.25, 0.3) is 0 Å². The monoisotopic (exact) mass is 285 g/mol. The third-order valence-electron chi connectivity index (χ3n) is 6.33. The lowest BCUT2D eigenvalue weighted by molar-refractivity contribution is -0.00956. The SMILES string of the molecule is Cc1nc(C23CC4CC(CC(C4)C2)C3)nc(C)c1CCN. The molecule has 0 aliphatic heterocycles. The molecule has 4 saturated carbocycles. The summed E-state index contributed by atoms with van der Waals surface area (Å²) < 4.78 is 0. The van der Waals surface area contributed by atoms with Gasteiger partial charge in [-0.1, -0.05) is 0 Å². The van der Waals surface area contributed by atoms with Crippen molar-refractivity contribution in [2.75, 3.05) is 6.54 Å². The first-order valence-electron chi connectivity index (χ1n) is 8.64. The largest absolute Gasteiger partial charge is 0.330 e. The highest BCUT2D eigenvalue weighted by molar-refractivity contribution is 5.28. The first-order chi connectivity index (χ1) is 10.1. The van der Waals surface area contributed by atoms with E-state index in [1.54, 1.807) is 0 Å². The van der Waals surface area contributed by atoms with Crippen LogP contribution < -0.4 is 5.73 Å². The third kappa shape index (κ3) is 2.12. The Hall–Kier alpha value is -0.960. The summed E-state index contributed by atoms with van der Waals surface area (Å²) in [4.78, 5) is 9.95. The lowest BCUT2D eigenvalue weighted by Gasteiger charge is -2.56. The normalized spacial score (nSPS) is 37.2. The van der Waals surface area contributed by atoms with Gasteiger partial charge in [0.1, 0.15) is 5.82 Å². The lowest BCUT2D eigenvalue weighted by atomic mass is 9.49. The van der Waals surface area contributed by atoms with Crippen molar-refractivity contribution >= 4 is 0 Å². The third-order valence-corrected chi connectivity index (χ3v) is 6.33. The molecule has 3 heteroatoms. The predicted octanol–water partition coefficient (Wildman–Crippen LogP) is 3.06. The van der Waals surface area contributed by atoms with Gasteiger partial charge in [0.05, 0.1) is 0 Å². The zero-order valence-corrected chi connectivity index (χ0v) is 13.4. The molecule has 3 nitrogen and oxygen atoms in total. The van der Waals surface area contributed by atoms with Gasteiger partial charge in [-0.2, -0.15) is 0 Å². The van der Waals surface area contributed by atoms with Crippen LogP contribution in [0, 0.1) is 31.6 Å². The summed E-state index contributed by atoms with van der Waals surface area (Å²) in [5.74, 6) is 4.01. The Labute approximate surface area is 127 Å². The average Bonchev–Trinajstić information content (AvgIpc) is 2.41. The van der Waals surface area contributed by atoms with E-state index in [1.807, 2.05) is 0 Å². The van der Waals surface area contributed by atoms with Crippen LogP contribution in [0.3, 0.4) is 0 Å². The molecule has 4 bridgehead atoms. The first-order valence-corrected chi connectivity index (χ1v) is 8.64. The minimum absolute atomic E-state index is 0.311. The topological polar surface area (TPSA) is 51.8 Å². The van der Waals surface area contributed by atoms with Crippen molar-refractivity contribution in [3.63, 3.8) is 0 Å². The maximum Gasteiger partial charge on any atom is 0.135 e. The summed E-state index contributed by atoms with van der Waals surface area (Å²) in [6.07, 6.45) is 9.35. The standard InChI is InChI=1S/C18H27N3/c1-11-16(3-4-19)12(2)21-17(20-11)18-8-13-5-14(9-18)7-15(6-13)10-18/h13-15H,3-10,19H2,1-2H3. The molecule has 1 heterocycles. The van der Waals surface area contributed by atoms with Gasteiger partial charge in [0.2, 0.25) is 0 Å². The fraction of sp³-hybridized carbons (Fsp3) is 0.778. The van der Waals surface area contributed by atoms with Gasteiger partial charge >= 0.3 is 0 Å². The molecule has 4 fully saturated rings. The van der Waals surface area contributed by atoms with E-state index >= 15 is 0 Å². The molecule has 1 aromatic heterocycles. The highest BCUT2D eigenvalue weighted by atomic mass is 14.9. The molecule has 2 N–H and O–H groups in total. The summed E-state index contributed by atoms with van der Waals surface area (Å²) in [5.41, 5.74) is 9.64. The molecule has 4 aliphatic carbocycles. The fourth-order valence-electron chi connectivity index (χ4n) is 5.87. The number of hydrogen-bond donors (Lipinski definition) is 1. The highest BCUT2D eigenvalue weighted by Crippen LogP contribution is 2.60. The van der Waals surface area contributed by atoms with E-state index in [2.05, 4.69) is 13.8 Å². The van der Waals surface area contributed by atoms with Gasteiger partial charge in [-0.05, 0) is 88.7 Å². The number of rotatable bonds is 3. The smallest absolute Gasteiger partial charge is 0.135 e. The molecular formula is C18H27N3. The van der Waals surface area contributed by atoms with Crippen LogP contribution in [0.5, 0.6) is 0 Å². The number of nitrogens with zero attached hydrogens (tertiary/aromatic N) is 2. The Morgan fingerprint density at radius 2 is 1.43 bits per heavy atom. The summed E-state index contributed by atoms with van der Waals surface area (Å²) in [7, 11) is 0. The van der Waals surface area contributed by atoms with Gasteiger partial charge in [-0.15, -0.1) is 0 Å². The van der Waals surface area contributed by atoms with Gasteiger partial charge in [0, 0.05) is 16.8 Å². The quantitative estimate of drug-likeness (QED) is 0.928. The Kier molecular flexibility index (Phi) is 3.11. The van der Waals surface area contributed by atoms with Gasteiger partial charge in [-0.3, -0.25) is 0 Å². The van der Waals surface area contributed by atoms with Crippen LogP contribution in [0.1, 0.15) is 61.3 Å². The van der Waals surface area contributed by atoms with Crippen molar-refractivity contribution in [3.05, 3.63) is 22.8 Å². The molecule has 5 rings (SSSR count). The van der Waals surface area contributed by atoms with Crippen LogP contribution in [-0.2, 0) is 11.8 Å². The molecule has 0 radical (unpaired) electrons. The predicted molar refractivity (Wildman–Crippen MR) is 84.1 cm³/mol. The first kappa shape index (κ1) is 13.7. The number of aromatic nitrogens is 2. The van der Waals surface area contributed by atoms with Crippen molar-refractivity contribution in [1.82, 2.24) is 9.97 Å². The van der Waals surface area contributed by atoms with Gasteiger partial charge in [-0.25, -0.2) is 9.97 Å². The maximum atomic E-state index is 5.73. The van der Waals surface area contributed by atoms with Crippen LogP contribution >= 0.6 is 0 Å². The van der Waals surface area contributed by atoms with Crippen molar-refractivity contribution in [2.24, 2.45) is 23.5 Å². The molecule has 0 aromatic carbocycles. The molecule has 0 amide bonds. The van der Waals surface area contributed by atoms with Gasteiger partial charge < -0.3 is 5.73 Å². The zero-order valence-electron chi connectivity index (χ0n) is 13.4. The van der Waals surface area contributed by atoms with Crippen LogP contribution in [-0.4, -0.2) is 16.5 Å². The highest BCUT2D eigenvalue weighted by Gasteiger charge is 2.53. The molecule has 114 valence electrons. The maximum absolute atomic E-state index is 5.73. The number of nitrogens with two attached hydrogens (primary N) is 1. The molecule has 0 unspecified atom stereocenters. The van der Waals surface area contributed by atoms with Crippen LogP contribution in [0.15, 0.2) is 0 Å². The van der Waals surface area contributed by atoms with E-state index in [0.717, 1.165) is 30.0 Å². The minimum atomic E-state index is 0.311. The lowest BCUT2D eigenvalue weighted by Crippen LogP contribution is -2.49. The van der Waals surface area contributed by atoms with E-state index < -0.39 is 0 Å². The fourth-order valence-corrected chi connectivity index (χ4v) is 5.87. The molecule has 4 aliphatic rings. The average molecular weight is 285 g/mol. The molecule has 1 aromatic rings. The van der Waals surface area contributed by atoms with E-state index in [0.29, 0.717) is 12.0 Å². The molecule has 0 atom stereocenters. The molecular weight excluding hydrogens is 258 g/mol. The number of aryl methyl sites for hydroxylation is 2. The van der Waals surface area contributed by atoms with E-state index in [-0.39, 0.29) is 0 Å². The van der Waals surface area contributed by atoms with Crippen LogP contribution in [0.4, 0.5) is 0 Å². The van der Waals surface area contributed by atoms with Crippen molar-refractivity contribution in [1.29, 1.82) is 0 Å². The summed E-state index contributed by atoms with van der Waals surface area (Å²) in [5, 5.41) is 0. The Balaban J connectivity index is 1.73. The van der Waals surface area contributed by atoms with E-state index in [4.69, 9.17) is 15.7 Å². The summed E-state index contributed by atoms with van der Waals surface area (Å²) in [6, 6.07) is 0. The van der Waals surface area contributed by atoms with Crippen molar-refractivity contribution in [2.45, 2.75) is 64.2 Å². The second-order valence-electron chi connectivity index (χ2n) is 7.93. The van der Waals surface area contributed by atoms with Gasteiger partial charge in [0.15, 0.2) is 0 Å². The Morgan fingerprint density at radius 1 is 0.952 bits per heavy atom. The summed E-state index contributed by atoms with van der Waals surface area (Å²) in [6.45, 7) is 4.97. The van der Waals surface area contributed by atoms with Crippen molar-refractivity contribution < 1.29 is 0 Å². The van der Waals surface area contributed by atoms with Crippen LogP contribution in [0.25, 0.3) is 0 Å². The second-order valence-corrected chi connectivity index (χ2v) is 7.93.